The zero-order valence-electron chi connectivity index (χ0n) is 17.7. The van der Waals surface area contributed by atoms with E-state index >= 15 is 0 Å². The Labute approximate surface area is 185 Å². The Balaban J connectivity index is 1.62. The Hall–Kier alpha value is -3.23. The van der Waals surface area contributed by atoms with Gasteiger partial charge in [0, 0.05) is 24.2 Å². The number of carbonyl (C=O) groups excluding carboxylic acids is 1. The maximum Gasteiger partial charge on any atom is 0.175 e. The van der Waals surface area contributed by atoms with Crippen LogP contribution >= 0.6 is 11.3 Å². The number of Topliss-reactive ketones (excluding diaryl/α,β-unsaturated/α-hetero) is 1. The topological polar surface area (TPSA) is 58.7 Å². The molecule has 1 aliphatic rings. The van der Waals surface area contributed by atoms with Crippen LogP contribution in [0, 0.1) is 31.1 Å². The summed E-state index contributed by atoms with van der Waals surface area (Å²) in [6.45, 7) is 4.89. The van der Waals surface area contributed by atoms with Gasteiger partial charge in [-0.2, -0.15) is 5.26 Å². The van der Waals surface area contributed by atoms with Crippen LogP contribution in [0.2, 0.25) is 0 Å². The lowest BCUT2D eigenvalue weighted by atomic mass is 9.82. The second-order valence-corrected chi connectivity index (χ2v) is 9.53. The van der Waals surface area contributed by atoms with E-state index < -0.39 is 0 Å². The van der Waals surface area contributed by atoms with E-state index in [0.717, 1.165) is 45.6 Å². The molecular formula is C26H23N3OS. The average Bonchev–Trinajstić information content (AvgIpc) is 3.27. The molecule has 1 fully saturated rings. The average molecular weight is 426 g/mol. The van der Waals surface area contributed by atoms with Gasteiger partial charge in [-0.1, -0.05) is 36.2 Å². The van der Waals surface area contributed by atoms with Crippen molar-refractivity contribution in [1.82, 2.24) is 9.55 Å². The lowest BCUT2D eigenvalue weighted by Crippen LogP contribution is -2.21. The zero-order valence-corrected chi connectivity index (χ0v) is 18.5. The Bertz CT molecular complexity index is 1330. The molecule has 5 rings (SSSR count). The maximum atomic E-state index is 12.8. The summed E-state index contributed by atoms with van der Waals surface area (Å²) in [7, 11) is 0. The third-order valence-corrected chi connectivity index (χ3v) is 7.33. The minimum atomic E-state index is 0.206. The third kappa shape index (κ3) is 3.58. The lowest BCUT2D eigenvalue weighted by Gasteiger charge is -2.22. The van der Waals surface area contributed by atoms with Crippen molar-refractivity contribution in [3.8, 4) is 17.3 Å². The van der Waals surface area contributed by atoms with Crippen LogP contribution in [0.5, 0.6) is 0 Å². The SMILES string of the molecule is Cc1ccc(-c2cc3sc(C(=O)C4CCC4)cc3n2Cc2ccc(C#N)nc2)c(C)c1. The van der Waals surface area contributed by atoms with E-state index in [-0.39, 0.29) is 5.92 Å². The molecule has 0 radical (unpaired) electrons. The van der Waals surface area contributed by atoms with Crippen LogP contribution in [0.4, 0.5) is 0 Å². The molecule has 0 atom stereocenters. The number of hydrogen-bond acceptors (Lipinski definition) is 4. The van der Waals surface area contributed by atoms with Crippen LogP contribution in [0.3, 0.4) is 0 Å². The predicted octanol–water partition coefficient (Wildman–Crippen LogP) is 6.28. The Kier molecular flexibility index (Phi) is 4.95. The van der Waals surface area contributed by atoms with Crippen molar-refractivity contribution in [1.29, 1.82) is 5.26 Å². The summed E-state index contributed by atoms with van der Waals surface area (Å²) in [4.78, 5) is 17.9. The number of rotatable bonds is 5. The van der Waals surface area contributed by atoms with Gasteiger partial charge >= 0.3 is 0 Å². The van der Waals surface area contributed by atoms with Crippen molar-refractivity contribution in [2.24, 2.45) is 5.92 Å². The van der Waals surface area contributed by atoms with Crippen molar-refractivity contribution in [2.45, 2.75) is 39.7 Å². The molecule has 0 saturated heterocycles. The zero-order chi connectivity index (χ0) is 21.5. The van der Waals surface area contributed by atoms with Crippen molar-refractivity contribution in [3.63, 3.8) is 0 Å². The highest BCUT2D eigenvalue weighted by Gasteiger charge is 2.28. The van der Waals surface area contributed by atoms with Crippen LogP contribution < -0.4 is 0 Å². The Morgan fingerprint density at radius 1 is 1.19 bits per heavy atom. The van der Waals surface area contributed by atoms with Crippen LogP contribution in [-0.4, -0.2) is 15.3 Å². The molecule has 0 unspecified atom stereocenters. The summed E-state index contributed by atoms with van der Waals surface area (Å²) in [5.41, 5.74) is 7.35. The highest BCUT2D eigenvalue weighted by Crippen LogP contribution is 2.38. The van der Waals surface area contributed by atoms with Gasteiger partial charge in [0.05, 0.1) is 20.8 Å². The lowest BCUT2D eigenvalue weighted by molar-refractivity contribution is 0.0859. The molecule has 3 heterocycles. The van der Waals surface area contributed by atoms with Gasteiger partial charge in [-0.15, -0.1) is 11.3 Å². The smallest absolute Gasteiger partial charge is 0.175 e. The number of nitriles is 1. The van der Waals surface area contributed by atoms with E-state index in [1.165, 1.54) is 16.7 Å². The Morgan fingerprint density at radius 3 is 2.68 bits per heavy atom. The highest BCUT2D eigenvalue weighted by atomic mass is 32.1. The molecule has 0 bridgehead atoms. The summed E-state index contributed by atoms with van der Waals surface area (Å²) in [6.07, 6.45) is 4.97. The molecular weight excluding hydrogens is 402 g/mol. The summed E-state index contributed by atoms with van der Waals surface area (Å²) in [6, 6.07) is 16.6. The van der Waals surface area contributed by atoms with E-state index in [2.05, 4.69) is 59.8 Å². The second-order valence-electron chi connectivity index (χ2n) is 8.45. The van der Waals surface area contributed by atoms with Gasteiger partial charge in [-0.05, 0) is 56.0 Å². The number of thiophene rings is 1. The van der Waals surface area contributed by atoms with Gasteiger partial charge in [-0.25, -0.2) is 4.98 Å². The molecule has 1 saturated carbocycles. The maximum absolute atomic E-state index is 12.8. The van der Waals surface area contributed by atoms with Crippen molar-refractivity contribution in [2.75, 3.05) is 0 Å². The number of fused-ring (bicyclic) bond motifs is 1. The molecule has 3 aromatic heterocycles. The molecule has 0 spiro atoms. The van der Waals surface area contributed by atoms with Gasteiger partial charge in [0.15, 0.2) is 5.78 Å². The molecule has 0 N–H and O–H groups in total. The molecule has 1 aromatic carbocycles. The Morgan fingerprint density at radius 2 is 2.03 bits per heavy atom. The summed E-state index contributed by atoms with van der Waals surface area (Å²) in [5, 5.41) is 9.05. The second kappa shape index (κ2) is 7.79. The van der Waals surface area contributed by atoms with E-state index in [1.54, 1.807) is 23.6 Å². The van der Waals surface area contributed by atoms with Gasteiger partial charge in [0.2, 0.25) is 0 Å². The summed E-state index contributed by atoms with van der Waals surface area (Å²) in [5.74, 6) is 0.504. The van der Waals surface area contributed by atoms with E-state index in [4.69, 9.17) is 5.26 Å². The van der Waals surface area contributed by atoms with Crippen molar-refractivity contribution in [3.05, 3.63) is 75.9 Å². The van der Waals surface area contributed by atoms with Gasteiger partial charge in [-0.3, -0.25) is 4.79 Å². The number of aromatic nitrogens is 2. The largest absolute Gasteiger partial charge is 0.335 e. The first-order valence-electron chi connectivity index (χ1n) is 10.6. The number of hydrogen-bond donors (Lipinski definition) is 0. The number of carbonyl (C=O) groups is 1. The van der Waals surface area contributed by atoms with Gasteiger partial charge in [0.25, 0.3) is 0 Å². The molecule has 5 heteroatoms. The fraction of sp³-hybridized carbons (Fsp3) is 0.269. The first-order valence-corrected chi connectivity index (χ1v) is 11.4. The van der Waals surface area contributed by atoms with Crippen molar-refractivity contribution >= 4 is 27.3 Å². The molecule has 154 valence electrons. The molecule has 31 heavy (non-hydrogen) atoms. The first kappa shape index (κ1) is 19.7. The number of aryl methyl sites for hydroxylation is 2. The summed E-state index contributed by atoms with van der Waals surface area (Å²) < 4.78 is 3.42. The van der Waals surface area contributed by atoms with E-state index in [1.807, 2.05) is 6.07 Å². The van der Waals surface area contributed by atoms with Crippen LogP contribution in [0.1, 0.15) is 51.3 Å². The van der Waals surface area contributed by atoms with Crippen LogP contribution in [0.25, 0.3) is 21.5 Å². The highest BCUT2D eigenvalue weighted by molar-refractivity contribution is 7.20. The minimum Gasteiger partial charge on any atom is -0.335 e. The van der Waals surface area contributed by atoms with Crippen LogP contribution in [-0.2, 0) is 6.54 Å². The molecule has 0 aliphatic heterocycles. The van der Waals surface area contributed by atoms with E-state index in [0.29, 0.717) is 18.0 Å². The number of pyridine rings is 1. The van der Waals surface area contributed by atoms with Gasteiger partial charge in [0.1, 0.15) is 11.8 Å². The number of benzene rings is 1. The van der Waals surface area contributed by atoms with Gasteiger partial charge < -0.3 is 4.57 Å². The standard InChI is InChI=1S/C26H23N3OS/c1-16-6-9-21(17(2)10-16)22-11-24-23(12-25(31-24)26(30)19-4-3-5-19)29(22)15-18-7-8-20(13-27)28-14-18/h6-12,14,19H,3-5,15H2,1-2H3. The quantitative estimate of drug-likeness (QED) is 0.353. The number of ketones is 1. The fourth-order valence-electron chi connectivity index (χ4n) is 4.30. The van der Waals surface area contributed by atoms with Crippen LogP contribution in [0.15, 0.2) is 48.7 Å². The first-order chi connectivity index (χ1) is 15.0. The number of nitrogens with zero attached hydrogens (tertiary/aromatic N) is 3. The monoisotopic (exact) mass is 425 g/mol. The predicted molar refractivity (Wildman–Crippen MR) is 124 cm³/mol. The molecule has 1 aliphatic carbocycles. The minimum absolute atomic E-state index is 0.206. The molecule has 0 amide bonds. The normalized spacial score (nSPS) is 13.8. The summed E-state index contributed by atoms with van der Waals surface area (Å²) >= 11 is 1.61. The van der Waals surface area contributed by atoms with Crippen molar-refractivity contribution < 1.29 is 4.79 Å². The fourth-order valence-corrected chi connectivity index (χ4v) is 5.41. The third-order valence-electron chi connectivity index (χ3n) is 6.25. The van der Waals surface area contributed by atoms with E-state index in [9.17, 15) is 4.79 Å². The molecule has 4 aromatic rings. The molecule has 4 nitrogen and oxygen atoms in total.